The molecular formula is C14H17NO5. The number of nitrogens with one attached hydrogen (secondary N) is 1. The average molecular weight is 279 g/mol. The first-order chi connectivity index (χ1) is 9.61. The molecule has 0 radical (unpaired) electrons. The van der Waals surface area contributed by atoms with E-state index in [9.17, 15) is 14.4 Å². The lowest BCUT2D eigenvalue weighted by Crippen LogP contribution is -2.34. The number of benzene rings is 1. The predicted molar refractivity (Wildman–Crippen MR) is 70.9 cm³/mol. The largest absolute Gasteiger partial charge is 0.456 e. The standard InChI is InChI=1S/C14H17NO5/c1-2-19-14(18)15-12(16)10-20-13(17)9-8-11-6-4-3-5-7-11/h3-7H,2,8-10H2,1H3,(H,15,16,18). The lowest BCUT2D eigenvalue weighted by atomic mass is 10.1. The number of esters is 1. The maximum Gasteiger partial charge on any atom is 0.413 e. The van der Waals surface area contributed by atoms with Gasteiger partial charge in [-0.3, -0.25) is 14.9 Å². The van der Waals surface area contributed by atoms with Crippen molar-refractivity contribution in [2.45, 2.75) is 19.8 Å². The molecule has 1 aromatic carbocycles. The van der Waals surface area contributed by atoms with Crippen LogP contribution in [-0.2, 0) is 25.5 Å². The summed E-state index contributed by atoms with van der Waals surface area (Å²) in [5.41, 5.74) is 1.01. The molecular weight excluding hydrogens is 262 g/mol. The normalized spacial score (nSPS) is 9.65. The third-order valence-corrected chi connectivity index (χ3v) is 2.34. The highest BCUT2D eigenvalue weighted by Gasteiger charge is 2.11. The number of ether oxygens (including phenoxy) is 2. The molecule has 0 bridgehead atoms. The topological polar surface area (TPSA) is 81.7 Å². The highest BCUT2D eigenvalue weighted by molar-refractivity contribution is 5.93. The second-order valence-corrected chi connectivity index (χ2v) is 3.91. The summed E-state index contributed by atoms with van der Waals surface area (Å²) in [7, 11) is 0. The molecule has 0 fully saturated rings. The minimum Gasteiger partial charge on any atom is -0.456 e. The quantitative estimate of drug-likeness (QED) is 0.797. The van der Waals surface area contributed by atoms with Crippen molar-refractivity contribution in [1.29, 1.82) is 0 Å². The summed E-state index contributed by atoms with van der Waals surface area (Å²) >= 11 is 0. The first-order valence-corrected chi connectivity index (χ1v) is 6.28. The summed E-state index contributed by atoms with van der Waals surface area (Å²) in [5.74, 6) is -1.20. The lowest BCUT2D eigenvalue weighted by Gasteiger charge is -2.05. The van der Waals surface area contributed by atoms with Crippen molar-refractivity contribution in [1.82, 2.24) is 5.32 Å². The van der Waals surface area contributed by atoms with E-state index in [1.165, 1.54) is 0 Å². The summed E-state index contributed by atoms with van der Waals surface area (Å²) in [6.45, 7) is 1.29. The van der Waals surface area contributed by atoms with Crippen LogP contribution in [0.15, 0.2) is 30.3 Å². The number of carbonyl (C=O) groups is 3. The summed E-state index contributed by atoms with van der Waals surface area (Å²) in [6, 6.07) is 9.46. The lowest BCUT2D eigenvalue weighted by molar-refractivity contribution is -0.148. The summed E-state index contributed by atoms with van der Waals surface area (Å²) < 4.78 is 9.26. The maximum absolute atomic E-state index is 11.4. The van der Waals surface area contributed by atoms with Gasteiger partial charge < -0.3 is 9.47 Å². The number of rotatable bonds is 6. The molecule has 0 unspecified atom stereocenters. The molecule has 108 valence electrons. The van der Waals surface area contributed by atoms with Crippen LogP contribution in [0.1, 0.15) is 18.9 Å². The molecule has 1 N–H and O–H groups in total. The van der Waals surface area contributed by atoms with Crippen LogP contribution in [0.4, 0.5) is 4.79 Å². The molecule has 6 heteroatoms. The molecule has 6 nitrogen and oxygen atoms in total. The van der Waals surface area contributed by atoms with E-state index >= 15 is 0 Å². The van der Waals surface area contributed by atoms with E-state index in [2.05, 4.69) is 4.74 Å². The second kappa shape index (κ2) is 8.68. The molecule has 0 saturated carbocycles. The van der Waals surface area contributed by atoms with Gasteiger partial charge >= 0.3 is 12.1 Å². The van der Waals surface area contributed by atoms with Crippen LogP contribution >= 0.6 is 0 Å². The first kappa shape index (κ1) is 15.7. The van der Waals surface area contributed by atoms with Crippen molar-refractivity contribution in [2.75, 3.05) is 13.2 Å². The Hall–Kier alpha value is -2.37. The Labute approximate surface area is 117 Å². The smallest absolute Gasteiger partial charge is 0.413 e. The molecule has 1 rings (SSSR count). The predicted octanol–water partition coefficient (Wildman–Crippen LogP) is 1.44. The Balaban J connectivity index is 2.19. The zero-order chi connectivity index (χ0) is 14.8. The summed E-state index contributed by atoms with van der Waals surface area (Å²) in [5, 5.41) is 1.93. The van der Waals surface area contributed by atoms with Gasteiger partial charge in [0.05, 0.1) is 6.61 Å². The number of hydrogen-bond acceptors (Lipinski definition) is 5. The minimum atomic E-state index is -0.849. The van der Waals surface area contributed by atoms with Gasteiger partial charge in [-0.1, -0.05) is 30.3 Å². The molecule has 1 aromatic rings. The Kier molecular flexibility index (Phi) is 6.81. The van der Waals surface area contributed by atoms with Crippen LogP contribution in [0.2, 0.25) is 0 Å². The number of imide groups is 1. The zero-order valence-electron chi connectivity index (χ0n) is 11.3. The third-order valence-electron chi connectivity index (χ3n) is 2.34. The van der Waals surface area contributed by atoms with E-state index in [1.54, 1.807) is 6.92 Å². The Morgan fingerprint density at radius 3 is 2.45 bits per heavy atom. The van der Waals surface area contributed by atoms with Gasteiger partial charge in [-0.15, -0.1) is 0 Å². The molecule has 0 atom stereocenters. The minimum absolute atomic E-state index is 0.163. The molecule has 0 aliphatic rings. The average Bonchev–Trinajstić information content (AvgIpc) is 2.44. The molecule has 0 aromatic heterocycles. The van der Waals surface area contributed by atoms with Crippen molar-refractivity contribution >= 4 is 18.0 Å². The summed E-state index contributed by atoms with van der Waals surface area (Å²) in [6.07, 6.45) is -0.131. The fraction of sp³-hybridized carbons (Fsp3) is 0.357. The molecule has 0 heterocycles. The molecule has 0 saturated heterocycles. The fourth-order valence-electron chi connectivity index (χ4n) is 1.43. The first-order valence-electron chi connectivity index (χ1n) is 6.28. The van der Waals surface area contributed by atoms with Crippen molar-refractivity contribution < 1.29 is 23.9 Å². The van der Waals surface area contributed by atoms with E-state index in [0.29, 0.717) is 6.42 Å². The molecule has 2 amide bonds. The Bertz CT molecular complexity index is 458. The number of aryl methyl sites for hydroxylation is 1. The van der Waals surface area contributed by atoms with Gasteiger partial charge in [0.2, 0.25) is 0 Å². The van der Waals surface area contributed by atoms with Crippen molar-refractivity contribution in [2.24, 2.45) is 0 Å². The van der Waals surface area contributed by atoms with E-state index in [1.807, 2.05) is 35.6 Å². The summed E-state index contributed by atoms with van der Waals surface area (Å²) in [4.78, 5) is 33.5. The monoisotopic (exact) mass is 279 g/mol. The third kappa shape index (κ3) is 6.53. The van der Waals surface area contributed by atoms with Crippen molar-refractivity contribution in [3.8, 4) is 0 Å². The number of carbonyl (C=O) groups excluding carboxylic acids is 3. The van der Waals surface area contributed by atoms with Crippen molar-refractivity contribution in [3.05, 3.63) is 35.9 Å². The van der Waals surface area contributed by atoms with Crippen LogP contribution in [-0.4, -0.2) is 31.2 Å². The van der Waals surface area contributed by atoms with Crippen molar-refractivity contribution in [3.63, 3.8) is 0 Å². The SMILES string of the molecule is CCOC(=O)NC(=O)COC(=O)CCc1ccccc1. The Morgan fingerprint density at radius 2 is 1.80 bits per heavy atom. The van der Waals surface area contributed by atoms with Crippen LogP contribution in [0.25, 0.3) is 0 Å². The van der Waals surface area contributed by atoms with Crippen LogP contribution in [0.5, 0.6) is 0 Å². The van der Waals surface area contributed by atoms with Crippen LogP contribution < -0.4 is 5.32 Å². The van der Waals surface area contributed by atoms with E-state index in [-0.39, 0.29) is 13.0 Å². The van der Waals surface area contributed by atoms with Gasteiger partial charge in [-0.2, -0.15) is 0 Å². The maximum atomic E-state index is 11.4. The highest BCUT2D eigenvalue weighted by atomic mass is 16.6. The number of amides is 2. The Morgan fingerprint density at radius 1 is 1.10 bits per heavy atom. The van der Waals surface area contributed by atoms with Gasteiger partial charge in [-0.05, 0) is 18.9 Å². The van der Waals surface area contributed by atoms with Gasteiger partial charge in [0.15, 0.2) is 6.61 Å². The van der Waals surface area contributed by atoms with Crippen LogP contribution in [0, 0.1) is 0 Å². The highest BCUT2D eigenvalue weighted by Crippen LogP contribution is 2.03. The van der Waals surface area contributed by atoms with Gasteiger partial charge in [-0.25, -0.2) is 4.79 Å². The molecule has 0 aliphatic heterocycles. The number of hydrogen-bond donors (Lipinski definition) is 1. The molecule has 0 aliphatic carbocycles. The van der Waals surface area contributed by atoms with E-state index in [0.717, 1.165) is 5.56 Å². The second-order valence-electron chi connectivity index (χ2n) is 3.91. The van der Waals surface area contributed by atoms with Gasteiger partial charge in [0, 0.05) is 6.42 Å². The van der Waals surface area contributed by atoms with E-state index < -0.39 is 24.6 Å². The van der Waals surface area contributed by atoms with Gasteiger partial charge in [0.1, 0.15) is 0 Å². The van der Waals surface area contributed by atoms with Crippen LogP contribution in [0.3, 0.4) is 0 Å². The number of alkyl carbamates (subject to hydrolysis) is 1. The van der Waals surface area contributed by atoms with E-state index in [4.69, 9.17) is 4.74 Å². The zero-order valence-corrected chi connectivity index (χ0v) is 11.3. The van der Waals surface area contributed by atoms with Gasteiger partial charge in [0.25, 0.3) is 5.91 Å². The molecule has 20 heavy (non-hydrogen) atoms. The fourth-order valence-corrected chi connectivity index (χ4v) is 1.43. The molecule has 0 spiro atoms.